The van der Waals surface area contributed by atoms with E-state index >= 15 is 0 Å². The average molecular weight is 233 g/mol. The van der Waals surface area contributed by atoms with Crippen molar-refractivity contribution >= 4 is 23.1 Å². The quantitative estimate of drug-likeness (QED) is 0.431. The number of hydrogen-bond donors (Lipinski definition) is 2. The molecule has 0 aromatic heterocycles. The van der Waals surface area contributed by atoms with Crippen LogP contribution in [0.1, 0.15) is 6.42 Å². The van der Waals surface area contributed by atoms with Gasteiger partial charge in [0.05, 0.1) is 24.6 Å². The topological polar surface area (TPSA) is 67.6 Å². The predicted molar refractivity (Wildman–Crippen MR) is 63.8 cm³/mol. The minimum Gasteiger partial charge on any atom is -0.393 e. The number of nitrogens with zero attached hydrogens (tertiary/aromatic N) is 1. The smallest absolute Gasteiger partial charge is 0.226 e. The largest absolute Gasteiger partial charge is 0.393 e. The maximum Gasteiger partial charge on any atom is 0.226 e. The first-order valence-corrected chi connectivity index (χ1v) is 5.20. The number of nitrogens with two attached hydrogens (primary N) is 1. The number of ether oxygens (including phenoxy) is 1. The van der Waals surface area contributed by atoms with Crippen molar-refractivity contribution in [3.05, 3.63) is 0 Å². The number of thiocarbonyl (C=S) groups is 1. The molecule has 0 aliphatic rings. The van der Waals surface area contributed by atoms with Crippen molar-refractivity contribution in [2.24, 2.45) is 5.73 Å². The summed E-state index contributed by atoms with van der Waals surface area (Å²) in [6, 6.07) is 0. The minimum absolute atomic E-state index is 0.104. The van der Waals surface area contributed by atoms with E-state index in [-0.39, 0.29) is 17.3 Å². The van der Waals surface area contributed by atoms with Crippen LogP contribution in [0.15, 0.2) is 0 Å². The molecule has 0 bridgehead atoms. The third-order valence-corrected chi connectivity index (χ3v) is 1.73. The normalized spacial score (nSPS) is 10.3. The van der Waals surface area contributed by atoms with E-state index in [1.807, 2.05) is 19.0 Å². The van der Waals surface area contributed by atoms with Crippen LogP contribution in [0.4, 0.5) is 0 Å². The lowest BCUT2D eigenvalue weighted by molar-refractivity contribution is -0.120. The number of rotatable bonds is 8. The maximum absolute atomic E-state index is 11.1. The van der Waals surface area contributed by atoms with Crippen LogP contribution in [0.5, 0.6) is 0 Å². The van der Waals surface area contributed by atoms with Gasteiger partial charge in [0.1, 0.15) is 0 Å². The van der Waals surface area contributed by atoms with Crippen molar-refractivity contribution in [3.8, 4) is 0 Å². The maximum atomic E-state index is 11.1. The molecule has 0 radical (unpaired) electrons. The highest BCUT2D eigenvalue weighted by Crippen LogP contribution is 1.81. The van der Waals surface area contributed by atoms with Gasteiger partial charge in [-0.05, 0) is 14.1 Å². The molecule has 0 aliphatic heterocycles. The highest BCUT2D eigenvalue weighted by Gasteiger charge is 2.01. The predicted octanol–water partition coefficient (Wildman–Crippen LogP) is -0.643. The van der Waals surface area contributed by atoms with Gasteiger partial charge in [-0.25, -0.2) is 0 Å². The molecule has 0 heterocycles. The molecule has 0 atom stereocenters. The van der Waals surface area contributed by atoms with Crippen LogP contribution in [-0.2, 0) is 9.53 Å². The van der Waals surface area contributed by atoms with Crippen molar-refractivity contribution in [1.82, 2.24) is 10.2 Å². The second-order valence-electron chi connectivity index (χ2n) is 3.41. The fourth-order valence-corrected chi connectivity index (χ4v) is 0.964. The zero-order chi connectivity index (χ0) is 11.7. The van der Waals surface area contributed by atoms with E-state index in [1.165, 1.54) is 0 Å². The molecule has 6 heteroatoms. The summed E-state index contributed by atoms with van der Waals surface area (Å²) in [7, 11) is 3.96. The summed E-state index contributed by atoms with van der Waals surface area (Å²) < 4.78 is 5.28. The number of carbonyl (C=O) groups is 1. The first kappa shape index (κ1) is 14.3. The van der Waals surface area contributed by atoms with Gasteiger partial charge in [0, 0.05) is 13.1 Å². The van der Waals surface area contributed by atoms with Crippen LogP contribution in [0.3, 0.4) is 0 Å². The monoisotopic (exact) mass is 233 g/mol. The van der Waals surface area contributed by atoms with E-state index in [9.17, 15) is 4.79 Å². The fraction of sp³-hybridized carbons (Fsp3) is 0.778. The van der Waals surface area contributed by atoms with Crippen molar-refractivity contribution in [1.29, 1.82) is 0 Å². The Kier molecular flexibility index (Phi) is 8.17. The Labute approximate surface area is 95.9 Å². The molecular weight excluding hydrogens is 214 g/mol. The second kappa shape index (κ2) is 8.58. The second-order valence-corrected chi connectivity index (χ2v) is 3.93. The van der Waals surface area contributed by atoms with E-state index in [0.717, 1.165) is 6.54 Å². The minimum atomic E-state index is -0.154. The summed E-state index contributed by atoms with van der Waals surface area (Å²) in [4.78, 5) is 13.3. The number of carbonyl (C=O) groups excluding carboxylic acids is 1. The van der Waals surface area contributed by atoms with Gasteiger partial charge in [-0.15, -0.1) is 0 Å². The van der Waals surface area contributed by atoms with Crippen molar-refractivity contribution in [2.75, 3.05) is 40.4 Å². The van der Waals surface area contributed by atoms with Crippen LogP contribution in [-0.4, -0.2) is 56.2 Å². The summed E-state index contributed by atoms with van der Waals surface area (Å²) in [6.45, 7) is 2.55. The van der Waals surface area contributed by atoms with Gasteiger partial charge < -0.3 is 20.7 Å². The van der Waals surface area contributed by atoms with Crippen LogP contribution in [0, 0.1) is 0 Å². The number of hydrogen-bond acceptors (Lipinski definition) is 4. The molecule has 15 heavy (non-hydrogen) atoms. The Morgan fingerprint density at radius 2 is 2.13 bits per heavy atom. The Morgan fingerprint density at radius 1 is 1.47 bits per heavy atom. The summed E-state index contributed by atoms with van der Waals surface area (Å²) >= 11 is 4.60. The molecule has 0 rings (SSSR count). The lowest BCUT2D eigenvalue weighted by Crippen LogP contribution is -2.31. The summed E-state index contributed by atoms with van der Waals surface area (Å²) in [6.07, 6.45) is 0.104. The van der Waals surface area contributed by atoms with E-state index in [4.69, 9.17) is 10.5 Å². The Hall–Kier alpha value is -0.720. The molecule has 0 saturated heterocycles. The van der Waals surface area contributed by atoms with E-state index in [2.05, 4.69) is 17.5 Å². The van der Waals surface area contributed by atoms with Gasteiger partial charge in [-0.2, -0.15) is 0 Å². The molecule has 0 fully saturated rings. The van der Waals surface area contributed by atoms with Crippen molar-refractivity contribution < 1.29 is 9.53 Å². The molecule has 0 saturated carbocycles. The zero-order valence-corrected chi connectivity index (χ0v) is 10.1. The number of likely N-dealkylation sites (N-methyl/N-ethyl adjacent to an activating group) is 1. The molecule has 0 spiro atoms. The molecule has 0 unspecified atom stereocenters. The van der Waals surface area contributed by atoms with Gasteiger partial charge in [0.2, 0.25) is 5.91 Å². The fourth-order valence-electron chi connectivity index (χ4n) is 0.833. The first-order valence-electron chi connectivity index (χ1n) is 4.80. The molecule has 0 aromatic rings. The lowest BCUT2D eigenvalue weighted by Gasteiger charge is -2.10. The molecule has 3 N–H and O–H groups in total. The van der Waals surface area contributed by atoms with E-state index in [0.29, 0.717) is 19.8 Å². The van der Waals surface area contributed by atoms with Gasteiger partial charge >= 0.3 is 0 Å². The summed E-state index contributed by atoms with van der Waals surface area (Å²) in [5.74, 6) is -0.154. The molecule has 1 amide bonds. The van der Waals surface area contributed by atoms with E-state index in [1.54, 1.807) is 0 Å². The van der Waals surface area contributed by atoms with Crippen molar-refractivity contribution in [2.45, 2.75) is 6.42 Å². The molecular formula is C9H19N3O2S. The average Bonchev–Trinajstić information content (AvgIpc) is 2.09. The van der Waals surface area contributed by atoms with Gasteiger partial charge in [0.15, 0.2) is 0 Å². The SMILES string of the molecule is CN(C)CCOCCNC(=O)CC(N)=S. The Morgan fingerprint density at radius 3 is 2.67 bits per heavy atom. The van der Waals surface area contributed by atoms with E-state index < -0.39 is 0 Å². The highest BCUT2D eigenvalue weighted by molar-refractivity contribution is 7.80. The third kappa shape index (κ3) is 11.2. The zero-order valence-electron chi connectivity index (χ0n) is 9.28. The molecule has 0 aliphatic carbocycles. The van der Waals surface area contributed by atoms with Crippen molar-refractivity contribution in [3.63, 3.8) is 0 Å². The Balaban J connectivity index is 3.24. The lowest BCUT2D eigenvalue weighted by atomic mass is 10.4. The van der Waals surface area contributed by atoms with Gasteiger partial charge in [0.25, 0.3) is 0 Å². The number of nitrogens with one attached hydrogen (secondary N) is 1. The van der Waals surface area contributed by atoms with Crippen LogP contribution >= 0.6 is 12.2 Å². The summed E-state index contributed by atoms with van der Waals surface area (Å²) in [5.41, 5.74) is 5.21. The van der Waals surface area contributed by atoms with Crippen LogP contribution in [0.25, 0.3) is 0 Å². The van der Waals surface area contributed by atoms with Gasteiger partial charge in [-0.3, -0.25) is 4.79 Å². The molecule has 88 valence electrons. The molecule has 5 nitrogen and oxygen atoms in total. The Bertz CT molecular complexity index is 210. The third-order valence-electron chi connectivity index (χ3n) is 1.59. The highest BCUT2D eigenvalue weighted by atomic mass is 32.1. The summed E-state index contributed by atoms with van der Waals surface area (Å²) in [5, 5.41) is 2.66. The first-order chi connectivity index (χ1) is 7.02. The molecule has 0 aromatic carbocycles. The van der Waals surface area contributed by atoms with Crippen LogP contribution in [0.2, 0.25) is 0 Å². The van der Waals surface area contributed by atoms with Crippen LogP contribution < -0.4 is 11.1 Å². The van der Waals surface area contributed by atoms with Gasteiger partial charge in [-0.1, -0.05) is 12.2 Å². The number of amides is 1. The standard InChI is InChI=1S/C9H19N3O2S/c1-12(2)4-6-14-5-3-11-9(13)7-8(10)15/h3-7H2,1-2H3,(H2,10,15)(H,11,13).